The van der Waals surface area contributed by atoms with Gasteiger partial charge < -0.3 is 0 Å². The molecule has 0 saturated heterocycles. The number of fused-ring (bicyclic) bond motifs is 1. The summed E-state index contributed by atoms with van der Waals surface area (Å²) < 4.78 is 1.82. The van der Waals surface area contributed by atoms with Gasteiger partial charge in [-0.05, 0) is 24.6 Å². The summed E-state index contributed by atoms with van der Waals surface area (Å²) in [5.74, 6) is 0. The molecule has 0 aliphatic carbocycles. The summed E-state index contributed by atoms with van der Waals surface area (Å²) in [4.78, 5) is 0. The zero-order valence-corrected chi connectivity index (χ0v) is 6.28. The first kappa shape index (κ1) is 6.20. The number of rotatable bonds is 0. The third-order valence-corrected chi connectivity index (χ3v) is 1.61. The predicted octanol–water partition coefficient (Wildman–Crippen LogP) is 1.93. The zero-order chi connectivity index (χ0) is 7.68. The fourth-order valence-corrected chi connectivity index (χ4v) is 0.982. The summed E-state index contributed by atoms with van der Waals surface area (Å²) in [6.45, 7) is 2.01. The van der Waals surface area contributed by atoms with Crippen molar-refractivity contribution in [3.63, 3.8) is 0 Å². The van der Waals surface area contributed by atoms with Crippen LogP contribution in [0.3, 0.4) is 0 Å². The maximum atomic E-state index is 4.10. The molecule has 2 heterocycles. The topological polar surface area (TPSA) is 17.8 Å². The van der Waals surface area contributed by atoms with Crippen LogP contribution in [0.5, 0.6) is 0 Å². The number of hydrogen-bond acceptors (Lipinski definition) is 1. The van der Waals surface area contributed by atoms with Crippen molar-refractivity contribution in [2.45, 2.75) is 6.92 Å². The first-order chi connectivity index (χ1) is 5.36. The largest absolute Gasteiger partial charge is 0.240 e. The minimum atomic E-state index is 1.07. The van der Waals surface area contributed by atoms with Gasteiger partial charge in [-0.3, -0.25) is 0 Å². The van der Waals surface area contributed by atoms with E-state index in [0.717, 1.165) is 11.3 Å². The van der Waals surface area contributed by atoms with E-state index < -0.39 is 0 Å². The van der Waals surface area contributed by atoms with Gasteiger partial charge in [-0.1, -0.05) is 0 Å². The molecule has 0 N–H and O–H groups in total. The highest BCUT2D eigenvalue weighted by Gasteiger charge is 1.95. The third-order valence-electron chi connectivity index (χ3n) is 1.61. The summed E-state index contributed by atoms with van der Waals surface area (Å²) in [6.07, 6.45) is 7.63. The maximum absolute atomic E-state index is 4.10. The molecule has 0 fully saturated rings. The number of hydrogen-bond donors (Lipinski definition) is 0. The highest BCUT2D eigenvalue weighted by atomic mass is 15.3. The zero-order valence-electron chi connectivity index (χ0n) is 6.28. The quantitative estimate of drug-likeness (QED) is 0.509. The average molecular weight is 144 g/mol. The standard InChI is InChI=1S/C9H8N2/c1-8-2-3-9-4-6-10-11(9)7-5-8/h3-7H,1H3. The van der Waals surface area contributed by atoms with Crippen molar-refractivity contribution in [3.8, 4) is 0 Å². The highest BCUT2D eigenvalue weighted by molar-refractivity contribution is 5.52. The second-order valence-corrected chi connectivity index (χ2v) is 2.49. The molecule has 0 atom stereocenters. The van der Waals surface area contributed by atoms with Crippen molar-refractivity contribution in [2.24, 2.45) is 0 Å². The molecule has 0 spiro atoms. The van der Waals surface area contributed by atoms with Crippen LogP contribution in [0.1, 0.15) is 12.6 Å². The number of nitrogens with zero attached hydrogens (tertiary/aromatic N) is 2. The highest BCUT2D eigenvalue weighted by Crippen LogP contribution is 2.07. The Bertz CT molecular complexity index is 363. The van der Waals surface area contributed by atoms with Gasteiger partial charge in [-0.15, -0.1) is 5.73 Å². The molecule has 1 aliphatic rings. The Labute approximate surface area is 65.2 Å². The van der Waals surface area contributed by atoms with Crippen molar-refractivity contribution < 1.29 is 0 Å². The monoisotopic (exact) mass is 144 g/mol. The van der Waals surface area contributed by atoms with Gasteiger partial charge in [0.05, 0.1) is 5.69 Å². The molecule has 1 aromatic rings. The smallest absolute Gasteiger partial charge is 0.0738 e. The molecule has 0 aromatic carbocycles. The average Bonchev–Trinajstić information content (AvgIpc) is 2.38. The van der Waals surface area contributed by atoms with Gasteiger partial charge in [0.1, 0.15) is 0 Å². The molecule has 2 heteroatoms. The van der Waals surface area contributed by atoms with Crippen LogP contribution in [0, 0.1) is 0 Å². The molecule has 0 saturated carbocycles. The van der Waals surface area contributed by atoms with Gasteiger partial charge in [0.25, 0.3) is 0 Å². The van der Waals surface area contributed by atoms with Crippen LogP contribution >= 0.6 is 0 Å². The molecule has 2 nitrogen and oxygen atoms in total. The van der Waals surface area contributed by atoms with E-state index in [9.17, 15) is 0 Å². The third kappa shape index (κ3) is 1.04. The molecule has 54 valence electrons. The lowest BCUT2D eigenvalue weighted by molar-refractivity contribution is 0.925. The summed E-state index contributed by atoms with van der Waals surface area (Å²) >= 11 is 0. The lowest BCUT2D eigenvalue weighted by Gasteiger charge is -1.91. The summed E-state index contributed by atoms with van der Waals surface area (Å²) in [7, 11) is 0. The van der Waals surface area contributed by atoms with Crippen LogP contribution in [-0.2, 0) is 0 Å². The second-order valence-electron chi connectivity index (χ2n) is 2.49. The van der Waals surface area contributed by atoms with E-state index in [4.69, 9.17) is 0 Å². The van der Waals surface area contributed by atoms with Gasteiger partial charge >= 0.3 is 0 Å². The fraction of sp³-hybridized carbons (Fsp3) is 0.111. The molecule has 0 amide bonds. The molecular weight excluding hydrogens is 136 g/mol. The van der Waals surface area contributed by atoms with Crippen molar-refractivity contribution in [1.82, 2.24) is 9.78 Å². The van der Waals surface area contributed by atoms with Gasteiger partial charge in [0, 0.05) is 18.5 Å². The van der Waals surface area contributed by atoms with E-state index in [1.807, 2.05) is 36.0 Å². The Morgan fingerprint density at radius 3 is 3.36 bits per heavy atom. The molecule has 0 bridgehead atoms. The van der Waals surface area contributed by atoms with Crippen LogP contribution in [0.2, 0.25) is 0 Å². The summed E-state index contributed by atoms with van der Waals surface area (Å²) in [5, 5.41) is 4.10. The van der Waals surface area contributed by atoms with Crippen molar-refractivity contribution in [3.05, 3.63) is 35.3 Å². The second kappa shape index (κ2) is 2.26. The Kier molecular flexibility index (Phi) is 1.27. The summed E-state index contributed by atoms with van der Waals surface area (Å²) in [5.41, 5.74) is 5.32. The van der Waals surface area contributed by atoms with Crippen LogP contribution in [0.15, 0.2) is 29.6 Å². The van der Waals surface area contributed by atoms with Crippen molar-refractivity contribution in [1.29, 1.82) is 0 Å². The first-order valence-electron chi connectivity index (χ1n) is 3.51. The van der Waals surface area contributed by atoms with E-state index in [2.05, 4.69) is 10.8 Å². The normalized spacial score (nSPS) is 14.1. The fourth-order valence-electron chi connectivity index (χ4n) is 0.982. The van der Waals surface area contributed by atoms with Crippen molar-refractivity contribution >= 4 is 12.3 Å². The Balaban J connectivity index is 2.63. The van der Waals surface area contributed by atoms with Crippen molar-refractivity contribution in [2.75, 3.05) is 0 Å². The van der Waals surface area contributed by atoms with E-state index in [-0.39, 0.29) is 0 Å². The SMILES string of the molecule is CC1=C=Cc2ccnn2C=C1. The van der Waals surface area contributed by atoms with E-state index in [0.29, 0.717) is 0 Å². The molecule has 1 aliphatic heterocycles. The molecule has 2 rings (SSSR count). The lowest BCUT2D eigenvalue weighted by atomic mass is 10.3. The molecule has 11 heavy (non-hydrogen) atoms. The van der Waals surface area contributed by atoms with Crippen LogP contribution in [0.25, 0.3) is 12.3 Å². The molecule has 1 aromatic heterocycles. The van der Waals surface area contributed by atoms with Gasteiger partial charge in [-0.25, -0.2) is 4.68 Å². The molecular formula is C9H8N2. The number of aromatic nitrogens is 2. The van der Waals surface area contributed by atoms with E-state index >= 15 is 0 Å². The lowest BCUT2D eigenvalue weighted by Crippen LogP contribution is -1.89. The van der Waals surface area contributed by atoms with Crippen LogP contribution in [0.4, 0.5) is 0 Å². The van der Waals surface area contributed by atoms with Gasteiger partial charge in [-0.2, -0.15) is 5.10 Å². The molecule has 0 radical (unpaired) electrons. The van der Waals surface area contributed by atoms with E-state index in [1.165, 1.54) is 0 Å². The van der Waals surface area contributed by atoms with Gasteiger partial charge in [0.15, 0.2) is 0 Å². The first-order valence-corrected chi connectivity index (χ1v) is 3.51. The maximum Gasteiger partial charge on any atom is 0.0738 e. The van der Waals surface area contributed by atoms with Gasteiger partial charge in [0.2, 0.25) is 0 Å². The van der Waals surface area contributed by atoms with E-state index in [1.54, 1.807) is 6.20 Å². The Morgan fingerprint density at radius 2 is 2.45 bits per heavy atom. The summed E-state index contributed by atoms with van der Waals surface area (Å²) in [6, 6.07) is 1.95. The number of allylic oxidation sites excluding steroid dienone is 2. The molecule has 0 unspecified atom stereocenters. The predicted molar refractivity (Wildman–Crippen MR) is 44.7 cm³/mol. The van der Waals surface area contributed by atoms with Crippen LogP contribution < -0.4 is 0 Å². The minimum Gasteiger partial charge on any atom is -0.240 e. The minimum absolute atomic E-state index is 1.07. The Morgan fingerprint density at radius 1 is 1.55 bits per heavy atom. The van der Waals surface area contributed by atoms with Crippen LogP contribution in [-0.4, -0.2) is 9.78 Å². The Hall–Kier alpha value is -1.53.